The summed E-state index contributed by atoms with van der Waals surface area (Å²) in [6, 6.07) is 8.12. The maximum absolute atomic E-state index is 9.64. The summed E-state index contributed by atoms with van der Waals surface area (Å²) < 4.78 is 5.87. The quantitative estimate of drug-likeness (QED) is 0.868. The van der Waals surface area contributed by atoms with E-state index in [1.54, 1.807) is 0 Å². The number of hydrogen-bond donors (Lipinski definition) is 1. The number of benzene rings is 1. The zero-order valence-electron chi connectivity index (χ0n) is 12.7. The second-order valence-corrected chi connectivity index (χ2v) is 5.84. The van der Waals surface area contributed by atoms with Gasteiger partial charge in [0.2, 0.25) is 0 Å². The van der Waals surface area contributed by atoms with Crippen molar-refractivity contribution in [3.63, 3.8) is 0 Å². The van der Waals surface area contributed by atoms with Crippen LogP contribution in [0.1, 0.15) is 25.3 Å². The molecule has 1 heterocycles. The molecule has 1 aromatic carbocycles. The van der Waals surface area contributed by atoms with Gasteiger partial charge in [0.05, 0.1) is 6.61 Å². The first-order valence-electron chi connectivity index (χ1n) is 7.75. The Kier molecular flexibility index (Phi) is 5.86. The van der Waals surface area contributed by atoms with Crippen LogP contribution in [0, 0.1) is 18.8 Å². The van der Waals surface area contributed by atoms with Crippen LogP contribution >= 0.6 is 0 Å². The predicted octanol–water partition coefficient (Wildman–Crippen LogP) is 2.71. The van der Waals surface area contributed by atoms with E-state index in [-0.39, 0.29) is 12.5 Å². The van der Waals surface area contributed by atoms with Crippen molar-refractivity contribution in [1.29, 1.82) is 0 Å². The molecular weight excluding hydrogens is 250 g/mol. The summed E-state index contributed by atoms with van der Waals surface area (Å²) in [6.07, 6.45) is 2.35. The summed E-state index contributed by atoms with van der Waals surface area (Å²) >= 11 is 0. The van der Waals surface area contributed by atoms with Gasteiger partial charge in [-0.3, -0.25) is 0 Å². The summed E-state index contributed by atoms with van der Waals surface area (Å²) in [5, 5.41) is 9.64. The van der Waals surface area contributed by atoms with Gasteiger partial charge < -0.3 is 14.7 Å². The Morgan fingerprint density at radius 1 is 1.35 bits per heavy atom. The number of nitrogens with zero attached hydrogens (tertiary/aromatic N) is 1. The first kappa shape index (κ1) is 15.3. The zero-order valence-corrected chi connectivity index (χ0v) is 12.7. The highest BCUT2D eigenvalue weighted by Gasteiger charge is 2.26. The molecule has 3 nitrogen and oxygen atoms in total. The smallest absolute Gasteiger partial charge is 0.119 e. The van der Waals surface area contributed by atoms with Crippen molar-refractivity contribution in [3.05, 3.63) is 29.8 Å². The first-order chi connectivity index (χ1) is 9.72. The highest BCUT2D eigenvalue weighted by atomic mass is 16.5. The van der Waals surface area contributed by atoms with Crippen LogP contribution in [0.2, 0.25) is 0 Å². The fraction of sp³-hybridized carbons (Fsp3) is 0.647. The van der Waals surface area contributed by atoms with Crippen LogP contribution in [0.15, 0.2) is 24.3 Å². The van der Waals surface area contributed by atoms with Crippen LogP contribution in [0.4, 0.5) is 0 Å². The fourth-order valence-corrected chi connectivity index (χ4v) is 2.99. The molecular formula is C17H27NO2. The predicted molar refractivity (Wildman–Crippen MR) is 82.1 cm³/mol. The third kappa shape index (κ3) is 4.22. The number of rotatable bonds is 6. The van der Waals surface area contributed by atoms with Gasteiger partial charge in [0.1, 0.15) is 5.75 Å². The molecule has 2 rings (SSSR count). The molecule has 1 aliphatic rings. The Balaban J connectivity index is 1.83. The second-order valence-electron chi connectivity index (χ2n) is 5.84. The minimum Gasteiger partial charge on any atom is -0.493 e. The molecule has 0 spiro atoms. The van der Waals surface area contributed by atoms with Gasteiger partial charge in [0, 0.05) is 12.5 Å². The highest BCUT2D eigenvalue weighted by Crippen LogP contribution is 2.26. The summed E-state index contributed by atoms with van der Waals surface area (Å²) in [7, 11) is 0. The van der Waals surface area contributed by atoms with E-state index >= 15 is 0 Å². The lowest BCUT2D eigenvalue weighted by Crippen LogP contribution is -2.38. The molecule has 20 heavy (non-hydrogen) atoms. The number of likely N-dealkylation sites (tertiary alicyclic amines) is 1. The Labute approximate surface area is 122 Å². The Morgan fingerprint density at radius 2 is 2.10 bits per heavy atom. The normalized spacial score (nSPS) is 18.9. The SMILES string of the molecule is CCN1CCC(C(CO)COc2cccc(C)c2)CC1. The molecule has 1 N–H and O–H groups in total. The van der Waals surface area contributed by atoms with Gasteiger partial charge in [-0.1, -0.05) is 19.1 Å². The molecule has 1 fully saturated rings. The van der Waals surface area contributed by atoms with Gasteiger partial charge in [-0.25, -0.2) is 0 Å². The number of aliphatic hydroxyl groups excluding tert-OH is 1. The summed E-state index contributed by atoms with van der Waals surface area (Å²) in [5.41, 5.74) is 1.21. The van der Waals surface area contributed by atoms with Gasteiger partial charge in [-0.15, -0.1) is 0 Å². The molecule has 1 saturated heterocycles. The van der Waals surface area contributed by atoms with Crippen molar-refractivity contribution in [1.82, 2.24) is 4.90 Å². The number of hydrogen-bond acceptors (Lipinski definition) is 3. The first-order valence-corrected chi connectivity index (χ1v) is 7.75. The van der Waals surface area contributed by atoms with E-state index in [0.717, 1.165) is 25.4 Å². The lowest BCUT2D eigenvalue weighted by Gasteiger charge is -2.34. The van der Waals surface area contributed by atoms with E-state index < -0.39 is 0 Å². The number of ether oxygens (including phenoxy) is 1. The average Bonchev–Trinajstić information content (AvgIpc) is 2.48. The van der Waals surface area contributed by atoms with Crippen molar-refractivity contribution in [2.45, 2.75) is 26.7 Å². The topological polar surface area (TPSA) is 32.7 Å². The molecule has 3 heteroatoms. The van der Waals surface area contributed by atoms with Crippen molar-refractivity contribution in [2.75, 3.05) is 32.8 Å². The molecule has 112 valence electrons. The standard InChI is InChI=1S/C17H27NO2/c1-3-18-9-7-15(8-10-18)16(12-19)13-20-17-6-4-5-14(2)11-17/h4-6,11,15-16,19H,3,7-10,12-13H2,1-2H3. The van der Waals surface area contributed by atoms with Gasteiger partial charge in [-0.2, -0.15) is 0 Å². The third-order valence-corrected chi connectivity index (χ3v) is 4.43. The van der Waals surface area contributed by atoms with Gasteiger partial charge in [-0.05, 0) is 63.0 Å². The molecule has 0 amide bonds. The van der Waals surface area contributed by atoms with Gasteiger partial charge in [0.15, 0.2) is 0 Å². The molecule has 0 saturated carbocycles. The molecule has 0 radical (unpaired) electrons. The van der Waals surface area contributed by atoms with E-state index in [1.807, 2.05) is 18.2 Å². The maximum Gasteiger partial charge on any atom is 0.119 e. The summed E-state index contributed by atoms with van der Waals surface area (Å²) in [5.74, 6) is 1.76. The van der Waals surface area contributed by atoms with Crippen LogP contribution in [-0.4, -0.2) is 42.9 Å². The number of piperidine rings is 1. The summed E-state index contributed by atoms with van der Waals surface area (Å²) in [4.78, 5) is 2.48. The molecule has 1 atom stereocenters. The monoisotopic (exact) mass is 277 g/mol. The van der Waals surface area contributed by atoms with E-state index in [4.69, 9.17) is 4.74 Å². The van der Waals surface area contributed by atoms with Crippen molar-refractivity contribution in [3.8, 4) is 5.75 Å². The lowest BCUT2D eigenvalue weighted by atomic mass is 9.85. The van der Waals surface area contributed by atoms with E-state index in [2.05, 4.69) is 24.8 Å². The zero-order chi connectivity index (χ0) is 14.4. The minimum atomic E-state index is 0.225. The Hall–Kier alpha value is -1.06. The molecule has 1 aromatic rings. The van der Waals surface area contributed by atoms with Gasteiger partial charge >= 0.3 is 0 Å². The number of aliphatic hydroxyl groups is 1. The largest absolute Gasteiger partial charge is 0.493 e. The van der Waals surface area contributed by atoms with Gasteiger partial charge in [0.25, 0.3) is 0 Å². The van der Waals surface area contributed by atoms with Crippen LogP contribution in [0.3, 0.4) is 0 Å². The molecule has 0 aliphatic carbocycles. The third-order valence-electron chi connectivity index (χ3n) is 4.43. The molecule has 0 aromatic heterocycles. The van der Waals surface area contributed by atoms with Crippen LogP contribution < -0.4 is 4.74 Å². The van der Waals surface area contributed by atoms with Crippen LogP contribution in [0.25, 0.3) is 0 Å². The lowest BCUT2D eigenvalue weighted by molar-refractivity contribution is 0.0756. The van der Waals surface area contributed by atoms with E-state index in [1.165, 1.54) is 18.4 Å². The Bertz CT molecular complexity index is 400. The molecule has 1 unspecified atom stereocenters. The maximum atomic E-state index is 9.64. The van der Waals surface area contributed by atoms with Crippen molar-refractivity contribution >= 4 is 0 Å². The molecule has 1 aliphatic heterocycles. The fourth-order valence-electron chi connectivity index (χ4n) is 2.99. The minimum absolute atomic E-state index is 0.225. The van der Waals surface area contributed by atoms with Crippen molar-refractivity contribution < 1.29 is 9.84 Å². The average molecular weight is 277 g/mol. The van der Waals surface area contributed by atoms with Crippen LogP contribution in [0.5, 0.6) is 5.75 Å². The number of aryl methyl sites for hydroxylation is 1. The highest BCUT2D eigenvalue weighted by molar-refractivity contribution is 5.27. The van der Waals surface area contributed by atoms with Crippen LogP contribution in [-0.2, 0) is 0 Å². The van der Waals surface area contributed by atoms with E-state index in [9.17, 15) is 5.11 Å². The van der Waals surface area contributed by atoms with E-state index in [0.29, 0.717) is 12.5 Å². The molecule has 0 bridgehead atoms. The summed E-state index contributed by atoms with van der Waals surface area (Å²) in [6.45, 7) is 8.57. The van der Waals surface area contributed by atoms with Crippen molar-refractivity contribution in [2.24, 2.45) is 11.8 Å². The second kappa shape index (κ2) is 7.65. The Morgan fingerprint density at radius 3 is 2.70 bits per heavy atom.